The van der Waals surface area contributed by atoms with Gasteiger partial charge in [-0.25, -0.2) is 4.98 Å². The van der Waals surface area contributed by atoms with Gasteiger partial charge in [0.25, 0.3) is 0 Å². The average Bonchev–Trinajstić information content (AvgIpc) is 3.01. The molecule has 18 heavy (non-hydrogen) atoms. The van der Waals surface area contributed by atoms with Crippen molar-refractivity contribution in [3.63, 3.8) is 0 Å². The van der Waals surface area contributed by atoms with Gasteiger partial charge in [0.05, 0.1) is 5.69 Å². The number of aryl methyl sites for hydroxylation is 1. The van der Waals surface area contributed by atoms with E-state index in [2.05, 4.69) is 32.7 Å². The molecule has 0 bridgehead atoms. The summed E-state index contributed by atoms with van der Waals surface area (Å²) < 4.78 is 1.95. The van der Waals surface area contributed by atoms with Crippen LogP contribution >= 0.6 is 34.4 Å². The molecule has 0 aliphatic rings. The Kier molecular flexibility index (Phi) is 3.40. The fourth-order valence-corrected chi connectivity index (χ4v) is 4.28. The fourth-order valence-electron chi connectivity index (χ4n) is 1.44. The van der Waals surface area contributed by atoms with Gasteiger partial charge in [-0.1, -0.05) is 41.7 Å². The minimum Gasteiger partial charge on any atom is -0.229 e. The molecule has 6 heteroatoms. The number of nitrogens with zero attached hydrogens (tertiary/aromatic N) is 3. The van der Waals surface area contributed by atoms with E-state index in [1.807, 2.05) is 25.1 Å². The first-order valence-corrected chi connectivity index (χ1v) is 7.81. The molecule has 0 fully saturated rings. The molecule has 0 aliphatic carbocycles. The molecule has 0 saturated carbocycles. The van der Waals surface area contributed by atoms with Crippen LogP contribution in [0.1, 0.15) is 5.01 Å². The normalized spacial score (nSPS) is 10.7. The molecule has 0 atom stereocenters. The average molecular weight is 291 g/mol. The Morgan fingerprint density at radius 1 is 1.06 bits per heavy atom. The first kappa shape index (κ1) is 11.8. The number of benzene rings is 1. The molecule has 0 radical (unpaired) electrons. The molecule has 90 valence electrons. The van der Waals surface area contributed by atoms with Gasteiger partial charge >= 0.3 is 0 Å². The van der Waals surface area contributed by atoms with Crippen molar-refractivity contribution in [2.24, 2.45) is 0 Å². The smallest absolute Gasteiger partial charge is 0.181 e. The van der Waals surface area contributed by atoms with E-state index in [0.29, 0.717) is 0 Å². The van der Waals surface area contributed by atoms with E-state index in [4.69, 9.17) is 0 Å². The zero-order valence-corrected chi connectivity index (χ0v) is 12.0. The molecule has 0 aliphatic heterocycles. The number of hydrogen-bond donors (Lipinski definition) is 0. The number of aromatic nitrogens is 3. The van der Waals surface area contributed by atoms with Crippen LogP contribution in [0.4, 0.5) is 0 Å². The van der Waals surface area contributed by atoms with Crippen molar-refractivity contribution in [1.82, 2.24) is 15.2 Å². The van der Waals surface area contributed by atoms with Crippen molar-refractivity contribution in [3.05, 3.63) is 40.7 Å². The van der Waals surface area contributed by atoms with Crippen LogP contribution in [0, 0.1) is 6.92 Å². The molecular weight excluding hydrogens is 282 g/mol. The minimum absolute atomic E-state index is 0.946. The highest BCUT2D eigenvalue weighted by molar-refractivity contribution is 8.02. The molecule has 0 N–H and O–H groups in total. The quantitative estimate of drug-likeness (QED) is 0.727. The third-order valence-electron chi connectivity index (χ3n) is 2.23. The van der Waals surface area contributed by atoms with Gasteiger partial charge in [-0.2, -0.15) is 0 Å². The zero-order valence-electron chi connectivity index (χ0n) is 9.53. The fraction of sp³-hybridized carbons (Fsp3) is 0.0833. The number of thiazole rings is 1. The van der Waals surface area contributed by atoms with Crippen molar-refractivity contribution in [1.29, 1.82) is 0 Å². The van der Waals surface area contributed by atoms with Gasteiger partial charge in [-0.3, -0.25) is 0 Å². The largest absolute Gasteiger partial charge is 0.229 e. The Morgan fingerprint density at radius 3 is 2.61 bits per heavy atom. The Morgan fingerprint density at radius 2 is 1.89 bits per heavy atom. The van der Waals surface area contributed by atoms with E-state index in [0.717, 1.165) is 24.9 Å². The Balaban J connectivity index is 1.82. The van der Waals surface area contributed by atoms with Crippen LogP contribution in [0.25, 0.3) is 11.3 Å². The lowest BCUT2D eigenvalue weighted by Gasteiger charge is -1.93. The van der Waals surface area contributed by atoms with Gasteiger partial charge in [0.1, 0.15) is 5.01 Å². The topological polar surface area (TPSA) is 38.7 Å². The first-order valence-electron chi connectivity index (χ1n) is 5.30. The second-order valence-corrected chi connectivity index (χ2v) is 7.09. The molecule has 0 amide bonds. The zero-order chi connectivity index (χ0) is 12.4. The standard InChI is InChI=1S/C12H9N3S3/c1-8-14-15-12(17-8)18-11-13-10(7-16-11)9-5-3-2-4-6-9/h2-7H,1H3. The van der Waals surface area contributed by atoms with E-state index in [1.165, 1.54) is 0 Å². The van der Waals surface area contributed by atoms with Crippen LogP contribution in [0.2, 0.25) is 0 Å². The second-order valence-electron chi connectivity index (χ2n) is 3.55. The summed E-state index contributed by atoms with van der Waals surface area (Å²) in [5, 5.41) is 11.2. The summed E-state index contributed by atoms with van der Waals surface area (Å²) in [7, 11) is 0. The minimum atomic E-state index is 0.946. The molecule has 2 aromatic heterocycles. The van der Waals surface area contributed by atoms with Crippen LogP contribution in [-0.4, -0.2) is 15.2 Å². The van der Waals surface area contributed by atoms with Crippen LogP contribution in [0.5, 0.6) is 0 Å². The lowest BCUT2D eigenvalue weighted by Crippen LogP contribution is -1.76. The molecule has 3 aromatic rings. The molecular formula is C12H9N3S3. The van der Waals surface area contributed by atoms with Crippen molar-refractivity contribution in [2.45, 2.75) is 15.6 Å². The van der Waals surface area contributed by atoms with Gasteiger partial charge in [0.15, 0.2) is 8.68 Å². The predicted octanol–water partition coefficient (Wildman–Crippen LogP) is 4.12. The summed E-state index contributed by atoms with van der Waals surface area (Å²) in [5.41, 5.74) is 2.17. The van der Waals surface area contributed by atoms with E-state index < -0.39 is 0 Å². The highest BCUT2D eigenvalue weighted by Gasteiger charge is 2.08. The van der Waals surface area contributed by atoms with Crippen LogP contribution in [0.15, 0.2) is 44.4 Å². The van der Waals surface area contributed by atoms with Crippen molar-refractivity contribution >= 4 is 34.4 Å². The van der Waals surface area contributed by atoms with E-state index in [1.54, 1.807) is 34.4 Å². The Bertz CT molecular complexity index is 645. The Labute approximate surface area is 117 Å². The predicted molar refractivity (Wildman–Crippen MR) is 76.3 cm³/mol. The molecule has 3 rings (SSSR count). The molecule has 1 aromatic carbocycles. The third kappa shape index (κ3) is 2.60. The first-order chi connectivity index (χ1) is 8.81. The highest BCUT2D eigenvalue weighted by atomic mass is 32.2. The molecule has 0 spiro atoms. The van der Waals surface area contributed by atoms with E-state index in [9.17, 15) is 0 Å². The lowest BCUT2D eigenvalue weighted by molar-refractivity contribution is 0.983. The maximum absolute atomic E-state index is 4.61. The second kappa shape index (κ2) is 5.17. The van der Waals surface area contributed by atoms with Gasteiger partial charge in [0, 0.05) is 10.9 Å². The monoisotopic (exact) mass is 291 g/mol. The molecule has 2 heterocycles. The summed E-state index contributed by atoms with van der Waals surface area (Å²) in [6, 6.07) is 10.2. The van der Waals surface area contributed by atoms with Crippen LogP contribution < -0.4 is 0 Å². The van der Waals surface area contributed by atoms with E-state index in [-0.39, 0.29) is 0 Å². The number of hydrogen-bond acceptors (Lipinski definition) is 6. The van der Waals surface area contributed by atoms with Gasteiger partial charge < -0.3 is 0 Å². The SMILES string of the molecule is Cc1nnc(Sc2nc(-c3ccccc3)cs2)s1. The maximum atomic E-state index is 4.61. The summed E-state index contributed by atoms with van der Waals surface area (Å²) in [4.78, 5) is 4.61. The summed E-state index contributed by atoms with van der Waals surface area (Å²) in [6.45, 7) is 1.96. The maximum Gasteiger partial charge on any atom is 0.181 e. The van der Waals surface area contributed by atoms with Crippen molar-refractivity contribution in [3.8, 4) is 11.3 Å². The van der Waals surface area contributed by atoms with Gasteiger partial charge in [0.2, 0.25) is 0 Å². The molecule has 0 saturated heterocycles. The summed E-state index contributed by atoms with van der Waals surface area (Å²) in [6.07, 6.45) is 0. The van der Waals surface area contributed by atoms with Crippen LogP contribution in [0.3, 0.4) is 0 Å². The van der Waals surface area contributed by atoms with Crippen molar-refractivity contribution < 1.29 is 0 Å². The highest BCUT2D eigenvalue weighted by Crippen LogP contribution is 2.34. The van der Waals surface area contributed by atoms with Gasteiger partial charge in [-0.15, -0.1) is 21.5 Å². The summed E-state index contributed by atoms with van der Waals surface area (Å²) >= 11 is 4.81. The lowest BCUT2D eigenvalue weighted by atomic mass is 10.2. The molecule has 0 unspecified atom stereocenters. The number of rotatable bonds is 3. The van der Waals surface area contributed by atoms with Crippen molar-refractivity contribution in [2.75, 3.05) is 0 Å². The van der Waals surface area contributed by atoms with E-state index >= 15 is 0 Å². The molecule has 3 nitrogen and oxygen atoms in total. The Hall–Kier alpha value is -1.24. The van der Waals surface area contributed by atoms with Gasteiger partial charge in [-0.05, 0) is 18.7 Å². The van der Waals surface area contributed by atoms with Crippen LogP contribution in [-0.2, 0) is 0 Å². The third-order valence-corrected chi connectivity index (χ3v) is 5.06. The summed E-state index contributed by atoms with van der Waals surface area (Å²) in [5.74, 6) is 0.